The molecule has 0 atom stereocenters. The van der Waals surface area contributed by atoms with E-state index in [1.54, 1.807) is 0 Å². The Morgan fingerprint density at radius 2 is 2.00 bits per heavy atom. The van der Waals surface area contributed by atoms with Crippen molar-refractivity contribution in [2.45, 2.75) is 57.8 Å². The lowest BCUT2D eigenvalue weighted by Crippen LogP contribution is -2.30. The van der Waals surface area contributed by atoms with E-state index in [4.69, 9.17) is 5.11 Å². The number of hydrogen-bond donors (Lipinski definition) is 2. The van der Waals surface area contributed by atoms with Gasteiger partial charge in [-0.2, -0.15) is 0 Å². The Labute approximate surface area is 104 Å². The van der Waals surface area contributed by atoms with Crippen molar-refractivity contribution in [1.29, 1.82) is 0 Å². The van der Waals surface area contributed by atoms with Crippen LogP contribution in [0.2, 0.25) is 0 Å². The molecule has 2 fully saturated rings. The topological polar surface area (TPSA) is 49.3 Å². The zero-order valence-corrected chi connectivity index (χ0v) is 10.7. The first-order valence-electron chi connectivity index (χ1n) is 7.12. The van der Waals surface area contributed by atoms with Crippen LogP contribution < -0.4 is 5.32 Å². The number of aliphatic hydroxyl groups excluding tert-OH is 1. The number of carbonyl (C=O) groups excluding carboxylic acids is 1. The van der Waals surface area contributed by atoms with Gasteiger partial charge in [0, 0.05) is 19.6 Å². The van der Waals surface area contributed by atoms with Crippen LogP contribution in [-0.4, -0.2) is 24.2 Å². The summed E-state index contributed by atoms with van der Waals surface area (Å²) in [4.78, 5) is 11.7. The van der Waals surface area contributed by atoms with Gasteiger partial charge in [0.1, 0.15) is 0 Å². The lowest BCUT2D eigenvalue weighted by Gasteiger charge is -2.15. The lowest BCUT2D eigenvalue weighted by atomic mass is 10.0. The number of nitrogens with one attached hydrogen (secondary N) is 1. The fourth-order valence-electron chi connectivity index (χ4n) is 2.94. The second-order valence-electron chi connectivity index (χ2n) is 5.94. The van der Waals surface area contributed by atoms with Gasteiger partial charge in [0.2, 0.25) is 5.91 Å². The predicted molar refractivity (Wildman–Crippen MR) is 67.6 cm³/mol. The number of rotatable bonds is 7. The first kappa shape index (κ1) is 12.9. The molecule has 2 N–H and O–H groups in total. The molecule has 2 rings (SSSR count). The van der Waals surface area contributed by atoms with E-state index in [-0.39, 0.29) is 17.9 Å². The quantitative estimate of drug-likeness (QED) is 0.716. The summed E-state index contributed by atoms with van der Waals surface area (Å²) >= 11 is 0. The Hall–Kier alpha value is -0.570. The molecule has 0 aliphatic heterocycles. The van der Waals surface area contributed by atoms with Crippen molar-refractivity contribution >= 4 is 5.91 Å². The van der Waals surface area contributed by atoms with E-state index in [2.05, 4.69) is 5.32 Å². The van der Waals surface area contributed by atoms with E-state index >= 15 is 0 Å². The van der Waals surface area contributed by atoms with E-state index in [9.17, 15) is 4.79 Å². The summed E-state index contributed by atoms with van der Waals surface area (Å²) in [5.74, 6) is 1.01. The first-order chi connectivity index (χ1) is 8.24. The average molecular weight is 239 g/mol. The zero-order chi connectivity index (χ0) is 12.1. The maximum absolute atomic E-state index is 11.7. The van der Waals surface area contributed by atoms with Crippen LogP contribution in [0.3, 0.4) is 0 Å². The van der Waals surface area contributed by atoms with Crippen molar-refractivity contribution in [2.24, 2.45) is 11.3 Å². The highest BCUT2D eigenvalue weighted by molar-refractivity contribution is 5.75. The summed E-state index contributed by atoms with van der Waals surface area (Å²) in [6.07, 6.45) is 10.3. The van der Waals surface area contributed by atoms with Gasteiger partial charge in [0.25, 0.3) is 0 Å². The molecular formula is C14H25NO2. The van der Waals surface area contributed by atoms with Gasteiger partial charge < -0.3 is 10.4 Å². The molecule has 3 heteroatoms. The highest BCUT2D eigenvalue weighted by Crippen LogP contribution is 2.47. The summed E-state index contributed by atoms with van der Waals surface area (Å²) in [5, 5.41) is 12.0. The van der Waals surface area contributed by atoms with Gasteiger partial charge in [-0.05, 0) is 37.0 Å². The maximum Gasteiger partial charge on any atom is 0.220 e. The number of amides is 1. The van der Waals surface area contributed by atoms with Gasteiger partial charge in [0.05, 0.1) is 0 Å². The summed E-state index contributed by atoms with van der Waals surface area (Å²) < 4.78 is 0. The monoisotopic (exact) mass is 239 g/mol. The molecule has 0 unspecified atom stereocenters. The minimum atomic E-state index is 0.209. The molecule has 2 aliphatic rings. The number of aliphatic hydroxyl groups is 1. The summed E-state index contributed by atoms with van der Waals surface area (Å²) in [6.45, 7) is 1.02. The molecule has 98 valence electrons. The zero-order valence-electron chi connectivity index (χ0n) is 10.7. The summed E-state index contributed by atoms with van der Waals surface area (Å²) in [7, 11) is 0. The van der Waals surface area contributed by atoms with E-state index in [0.717, 1.165) is 38.1 Å². The molecule has 1 amide bonds. The standard InChI is InChI=1S/C14H25NO2/c16-10-9-14(7-8-14)11-15-13(17)6-5-12-3-1-2-4-12/h12,16H,1-11H2,(H,15,17). The molecule has 17 heavy (non-hydrogen) atoms. The van der Waals surface area contributed by atoms with E-state index in [1.165, 1.54) is 25.7 Å². The van der Waals surface area contributed by atoms with Crippen molar-refractivity contribution in [3.8, 4) is 0 Å². The van der Waals surface area contributed by atoms with Crippen molar-refractivity contribution in [2.75, 3.05) is 13.2 Å². The van der Waals surface area contributed by atoms with Crippen molar-refractivity contribution in [3.63, 3.8) is 0 Å². The van der Waals surface area contributed by atoms with Crippen LogP contribution in [0.5, 0.6) is 0 Å². The molecule has 0 bridgehead atoms. The molecule has 0 heterocycles. The largest absolute Gasteiger partial charge is 0.396 e. The van der Waals surface area contributed by atoms with Crippen LogP contribution in [0.4, 0.5) is 0 Å². The normalized spacial score (nSPS) is 22.6. The van der Waals surface area contributed by atoms with Crippen LogP contribution in [0.1, 0.15) is 57.8 Å². The van der Waals surface area contributed by atoms with Crippen LogP contribution in [0.15, 0.2) is 0 Å². The SMILES string of the molecule is O=C(CCC1CCCC1)NCC1(CCO)CC1. The Morgan fingerprint density at radius 3 is 2.59 bits per heavy atom. The Morgan fingerprint density at radius 1 is 1.29 bits per heavy atom. The summed E-state index contributed by atoms with van der Waals surface area (Å²) in [6, 6.07) is 0. The van der Waals surface area contributed by atoms with Crippen LogP contribution >= 0.6 is 0 Å². The van der Waals surface area contributed by atoms with Crippen LogP contribution in [0, 0.1) is 11.3 Å². The molecule has 3 nitrogen and oxygen atoms in total. The maximum atomic E-state index is 11.7. The summed E-state index contributed by atoms with van der Waals surface area (Å²) in [5.41, 5.74) is 0.248. The molecule has 0 aromatic carbocycles. The number of hydrogen-bond acceptors (Lipinski definition) is 2. The second-order valence-corrected chi connectivity index (χ2v) is 5.94. The molecule has 0 aromatic heterocycles. The molecular weight excluding hydrogens is 214 g/mol. The molecule has 0 saturated heterocycles. The predicted octanol–water partition coefficient (Wildman–Crippen LogP) is 2.24. The third-order valence-electron chi connectivity index (χ3n) is 4.51. The molecule has 2 aliphatic carbocycles. The second kappa shape index (κ2) is 5.85. The van der Waals surface area contributed by atoms with Crippen molar-refractivity contribution in [1.82, 2.24) is 5.32 Å². The Bertz CT molecular complexity index is 255. The van der Waals surface area contributed by atoms with E-state index in [0.29, 0.717) is 6.42 Å². The van der Waals surface area contributed by atoms with Crippen molar-refractivity contribution < 1.29 is 9.90 Å². The minimum Gasteiger partial charge on any atom is -0.396 e. The van der Waals surface area contributed by atoms with E-state index < -0.39 is 0 Å². The molecule has 0 aromatic rings. The van der Waals surface area contributed by atoms with Gasteiger partial charge in [-0.3, -0.25) is 4.79 Å². The molecule has 0 radical (unpaired) electrons. The fraction of sp³-hybridized carbons (Fsp3) is 0.929. The van der Waals surface area contributed by atoms with Gasteiger partial charge in [-0.25, -0.2) is 0 Å². The Kier molecular flexibility index (Phi) is 4.43. The first-order valence-corrected chi connectivity index (χ1v) is 7.12. The highest BCUT2D eigenvalue weighted by Gasteiger charge is 2.41. The smallest absolute Gasteiger partial charge is 0.220 e. The van der Waals surface area contributed by atoms with Crippen LogP contribution in [0.25, 0.3) is 0 Å². The minimum absolute atomic E-state index is 0.209. The van der Waals surface area contributed by atoms with Gasteiger partial charge in [-0.15, -0.1) is 0 Å². The van der Waals surface area contributed by atoms with E-state index in [1.807, 2.05) is 0 Å². The Balaban J connectivity index is 1.57. The third kappa shape index (κ3) is 3.98. The third-order valence-corrected chi connectivity index (χ3v) is 4.51. The van der Waals surface area contributed by atoms with Crippen LogP contribution in [-0.2, 0) is 4.79 Å². The number of carbonyl (C=O) groups is 1. The van der Waals surface area contributed by atoms with Gasteiger partial charge in [0.15, 0.2) is 0 Å². The van der Waals surface area contributed by atoms with Gasteiger partial charge >= 0.3 is 0 Å². The average Bonchev–Trinajstić information content (AvgIpc) is 2.90. The molecule has 0 spiro atoms. The lowest BCUT2D eigenvalue weighted by molar-refractivity contribution is -0.121. The van der Waals surface area contributed by atoms with Gasteiger partial charge in [-0.1, -0.05) is 25.7 Å². The fourth-order valence-corrected chi connectivity index (χ4v) is 2.94. The highest BCUT2D eigenvalue weighted by atomic mass is 16.3. The van der Waals surface area contributed by atoms with Crippen molar-refractivity contribution in [3.05, 3.63) is 0 Å². The molecule has 2 saturated carbocycles.